The van der Waals surface area contributed by atoms with Crippen LogP contribution in [0.4, 0.5) is 11.4 Å². The fourth-order valence-electron chi connectivity index (χ4n) is 3.15. The average Bonchev–Trinajstić information content (AvgIpc) is 2.54. The summed E-state index contributed by atoms with van der Waals surface area (Å²) >= 11 is 0. The number of nitrogens with zero attached hydrogens (tertiary/aromatic N) is 2. The second-order valence-electron chi connectivity index (χ2n) is 6.41. The molecule has 0 aromatic heterocycles. The summed E-state index contributed by atoms with van der Waals surface area (Å²) in [5, 5.41) is 14.0. The second-order valence-corrected chi connectivity index (χ2v) is 8.39. The summed E-state index contributed by atoms with van der Waals surface area (Å²) in [4.78, 5) is 12.5. The molecule has 1 saturated carbocycles. The predicted molar refractivity (Wildman–Crippen MR) is 94.2 cm³/mol. The lowest BCUT2D eigenvalue weighted by atomic mass is 9.94. The molecule has 0 amide bonds. The minimum Gasteiger partial charge on any atom is -0.383 e. The van der Waals surface area contributed by atoms with Gasteiger partial charge in [-0.25, -0.2) is 8.42 Å². The molecule has 1 aliphatic rings. The largest absolute Gasteiger partial charge is 0.383 e. The molecule has 1 fully saturated rings. The number of hydrogen-bond acceptors (Lipinski definition) is 6. The summed E-state index contributed by atoms with van der Waals surface area (Å²) in [6, 6.07) is 4.49. The van der Waals surface area contributed by atoms with Crippen molar-refractivity contribution in [1.82, 2.24) is 4.90 Å². The maximum atomic E-state index is 11.9. The smallest absolute Gasteiger partial charge is 0.270 e. The Morgan fingerprint density at radius 1 is 1.29 bits per heavy atom. The third-order valence-corrected chi connectivity index (χ3v) is 5.69. The molecule has 8 heteroatoms. The molecule has 0 heterocycles. The summed E-state index contributed by atoms with van der Waals surface area (Å²) in [5.41, 5.74) is 0.195. The van der Waals surface area contributed by atoms with E-state index in [9.17, 15) is 18.5 Å². The lowest BCUT2D eigenvalue weighted by molar-refractivity contribution is -0.385. The van der Waals surface area contributed by atoms with E-state index in [-0.39, 0.29) is 10.6 Å². The number of nitro groups is 1. The van der Waals surface area contributed by atoms with Crippen molar-refractivity contribution in [3.63, 3.8) is 0 Å². The predicted octanol–water partition coefficient (Wildman–Crippen LogP) is 2.67. The number of anilines is 1. The van der Waals surface area contributed by atoms with Crippen LogP contribution in [0.2, 0.25) is 0 Å². The van der Waals surface area contributed by atoms with Crippen LogP contribution in [0.1, 0.15) is 32.1 Å². The minimum absolute atomic E-state index is 0.0305. The first kappa shape index (κ1) is 18.7. The summed E-state index contributed by atoms with van der Waals surface area (Å²) < 4.78 is 23.8. The van der Waals surface area contributed by atoms with Crippen LogP contribution in [0, 0.1) is 10.1 Å². The molecule has 1 N–H and O–H groups in total. The maximum absolute atomic E-state index is 11.9. The topological polar surface area (TPSA) is 92.5 Å². The molecule has 0 aliphatic heterocycles. The molecule has 24 heavy (non-hydrogen) atoms. The van der Waals surface area contributed by atoms with Crippen LogP contribution in [-0.2, 0) is 9.84 Å². The van der Waals surface area contributed by atoms with E-state index in [1.165, 1.54) is 44.2 Å². The number of nitro benzene ring substituents is 1. The van der Waals surface area contributed by atoms with Gasteiger partial charge in [0.15, 0.2) is 9.84 Å². The van der Waals surface area contributed by atoms with E-state index in [1.54, 1.807) is 0 Å². The number of nitrogens with one attached hydrogen (secondary N) is 1. The van der Waals surface area contributed by atoms with Crippen LogP contribution in [0.25, 0.3) is 0 Å². The van der Waals surface area contributed by atoms with E-state index in [1.807, 2.05) is 0 Å². The Kier molecular flexibility index (Phi) is 6.17. The monoisotopic (exact) mass is 355 g/mol. The Labute approximate surface area is 143 Å². The first-order chi connectivity index (χ1) is 11.3. The van der Waals surface area contributed by atoms with Crippen LogP contribution in [0.5, 0.6) is 0 Å². The Morgan fingerprint density at radius 2 is 1.96 bits per heavy atom. The molecule has 0 spiro atoms. The molecule has 2 rings (SSSR count). The highest BCUT2D eigenvalue weighted by molar-refractivity contribution is 7.90. The number of likely N-dealkylation sites (N-methyl/N-ethyl adjacent to an activating group) is 1. The summed E-state index contributed by atoms with van der Waals surface area (Å²) in [5.74, 6) is 0. The minimum atomic E-state index is -3.54. The molecule has 1 aromatic carbocycles. The maximum Gasteiger partial charge on any atom is 0.270 e. The number of sulfone groups is 1. The van der Waals surface area contributed by atoms with E-state index in [2.05, 4.69) is 17.3 Å². The zero-order chi connectivity index (χ0) is 17.7. The molecule has 134 valence electrons. The molecule has 0 saturated heterocycles. The van der Waals surface area contributed by atoms with Gasteiger partial charge in [0.25, 0.3) is 5.69 Å². The summed E-state index contributed by atoms with van der Waals surface area (Å²) in [6.07, 6.45) is 7.33. The fourth-order valence-corrected chi connectivity index (χ4v) is 4.02. The van der Waals surface area contributed by atoms with Crippen molar-refractivity contribution in [3.8, 4) is 0 Å². The van der Waals surface area contributed by atoms with E-state index in [0.29, 0.717) is 18.3 Å². The van der Waals surface area contributed by atoms with E-state index in [0.717, 1.165) is 18.9 Å². The van der Waals surface area contributed by atoms with Crippen molar-refractivity contribution in [3.05, 3.63) is 28.3 Å². The third kappa shape index (κ3) is 4.91. The van der Waals surface area contributed by atoms with Crippen LogP contribution in [0.3, 0.4) is 0 Å². The molecule has 0 bridgehead atoms. The van der Waals surface area contributed by atoms with Crippen LogP contribution < -0.4 is 5.32 Å². The van der Waals surface area contributed by atoms with Gasteiger partial charge in [0, 0.05) is 37.5 Å². The first-order valence-electron chi connectivity index (χ1n) is 8.21. The zero-order valence-corrected chi connectivity index (χ0v) is 15.0. The molecular weight excluding hydrogens is 330 g/mol. The van der Waals surface area contributed by atoms with Gasteiger partial charge in [-0.15, -0.1) is 0 Å². The van der Waals surface area contributed by atoms with Crippen molar-refractivity contribution in [2.24, 2.45) is 0 Å². The highest BCUT2D eigenvalue weighted by Gasteiger charge is 2.20. The van der Waals surface area contributed by atoms with Crippen LogP contribution in [0.15, 0.2) is 23.1 Å². The van der Waals surface area contributed by atoms with Crippen molar-refractivity contribution in [1.29, 1.82) is 0 Å². The SMILES string of the molecule is CN(CCNc1ccc([N+](=O)[O-])cc1S(C)(=O)=O)C1CCCCC1. The van der Waals surface area contributed by atoms with E-state index >= 15 is 0 Å². The van der Waals surface area contributed by atoms with Crippen LogP contribution >= 0.6 is 0 Å². The van der Waals surface area contributed by atoms with Gasteiger partial charge in [0.1, 0.15) is 0 Å². The Bertz CT molecular complexity index is 685. The molecule has 0 radical (unpaired) electrons. The molecule has 0 unspecified atom stereocenters. The van der Waals surface area contributed by atoms with Gasteiger partial charge in [-0.1, -0.05) is 19.3 Å². The number of benzene rings is 1. The average molecular weight is 355 g/mol. The molecule has 7 nitrogen and oxygen atoms in total. The lowest BCUT2D eigenvalue weighted by Gasteiger charge is -2.31. The Balaban J connectivity index is 2.02. The number of hydrogen-bond donors (Lipinski definition) is 1. The number of rotatable bonds is 7. The summed E-state index contributed by atoms with van der Waals surface area (Å²) in [6.45, 7) is 1.39. The second kappa shape index (κ2) is 7.94. The first-order valence-corrected chi connectivity index (χ1v) is 10.1. The highest BCUT2D eigenvalue weighted by Crippen LogP contribution is 2.26. The van der Waals surface area contributed by atoms with Crippen molar-refractivity contribution < 1.29 is 13.3 Å². The zero-order valence-electron chi connectivity index (χ0n) is 14.2. The van der Waals surface area contributed by atoms with Gasteiger partial charge in [-0.2, -0.15) is 0 Å². The van der Waals surface area contributed by atoms with Crippen molar-refractivity contribution in [2.75, 3.05) is 31.7 Å². The van der Waals surface area contributed by atoms with E-state index in [4.69, 9.17) is 0 Å². The molecule has 1 aliphatic carbocycles. The van der Waals surface area contributed by atoms with Gasteiger partial charge in [-0.3, -0.25) is 10.1 Å². The molecular formula is C16H25N3O4S. The van der Waals surface area contributed by atoms with Gasteiger partial charge in [-0.05, 0) is 26.0 Å². The quantitative estimate of drug-likeness (QED) is 0.597. The van der Waals surface area contributed by atoms with E-state index < -0.39 is 14.8 Å². The Hall–Kier alpha value is -1.67. The summed E-state index contributed by atoms with van der Waals surface area (Å²) in [7, 11) is -1.45. The fraction of sp³-hybridized carbons (Fsp3) is 0.625. The Morgan fingerprint density at radius 3 is 2.54 bits per heavy atom. The number of non-ortho nitro benzene ring substituents is 1. The van der Waals surface area contributed by atoms with Gasteiger partial charge >= 0.3 is 0 Å². The van der Waals surface area contributed by atoms with Crippen molar-refractivity contribution in [2.45, 2.75) is 43.0 Å². The van der Waals surface area contributed by atoms with Gasteiger partial charge < -0.3 is 10.2 Å². The van der Waals surface area contributed by atoms with Crippen molar-refractivity contribution >= 4 is 21.2 Å². The third-order valence-electron chi connectivity index (χ3n) is 4.55. The highest BCUT2D eigenvalue weighted by atomic mass is 32.2. The van der Waals surface area contributed by atoms with Gasteiger partial charge in [0.05, 0.1) is 15.5 Å². The van der Waals surface area contributed by atoms with Gasteiger partial charge in [0.2, 0.25) is 0 Å². The van der Waals surface area contributed by atoms with Crippen LogP contribution in [-0.4, -0.2) is 50.7 Å². The standard InChI is InChI=1S/C16H25N3O4S/c1-18(13-6-4-3-5-7-13)11-10-17-15-9-8-14(19(20)21)12-16(15)24(2,22)23/h8-9,12-13,17H,3-7,10-11H2,1-2H3. The molecule has 1 aromatic rings. The molecule has 0 atom stereocenters. The lowest BCUT2D eigenvalue weighted by Crippen LogP contribution is -2.36. The normalized spacial score (nSPS) is 16.3.